The number of carboxylic acids is 1. The molecule has 0 spiro atoms. The van der Waals surface area contributed by atoms with Crippen LogP contribution < -0.4 is 4.90 Å². The Hall–Kier alpha value is -2.70. The van der Waals surface area contributed by atoms with E-state index in [4.69, 9.17) is 5.11 Å². The molecule has 1 N–H and O–H groups in total. The lowest BCUT2D eigenvalue weighted by Gasteiger charge is -2.21. The van der Waals surface area contributed by atoms with Gasteiger partial charge in [-0.05, 0) is 26.0 Å². The Labute approximate surface area is 134 Å². The molecule has 2 aromatic rings. The number of hydrogen-bond acceptors (Lipinski definition) is 4. The molecule has 1 aromatic heterocycles. The molecule has 23 heavy (non-hydrogen) atoms. The second kappa shape index (κ2) is 7.53. The van der Waals surface area contributed by atoms with Gasteiger partial charge in [0.2, 0.25) is 5.91 Å². The van der Waals surface area contributed by atoms with Gasteiger partial charge in [-0.2, -0.15) is 0 Å². The Morgan fingerprint density at radius 2 is 1.96 bits per heavy atom. The first-order valence-electron chi connectivity index (χ1n) is 7.49. The van der Waals surface area contributed by atoms with E-state index in [2.05, 4.69) is 10.3 Å². The molecule has 1 amide bonds. The van der Waals surface area contributed by atoms with Crippen LogP contribution in [0.3, 0.4) is 0 Å². The fourth-order valence-electron chi connectivity index (χ4n) is 2.33. The molecule has 2 rings (SSSR count). The lowest BCUT2D eigenvalue weighted by atomic mass is 10.2. The van der Waals surface area contributed by atoms with Crippen molar-refractivity contribution in [2.75, 3.05) is 11.4 Å². The van der Waals surface area contributed by atoms with Crippen LogP contribution in [0.4, 0.5) is 5.69 Å². The number of benzene rings is 1. The van der Waals surface area contributed by atoms with E-state index in [1.54, 1.807) is 11.8 Å². The van der Waals surface area contributed by atoms with Crippen molar-refractivity contribution < 1.29 is 14.7 Å². The lowest BCUT2D eigenvalue weighted by molar-refractivity contribution is -0.137. The third kappa shape index (κ3) is 4.15. The molecule has 1 heterocycles. The van der Waals surface area contributed by atoms with Gasteiger partial charge in [-0.15, -0.1) is 5.10 Å². The van der Waals surface area contributed by atoms with Crippen LogP contribution in [-0.4, -0.2) is 38.5 Å². The summed E-state index contributed by atoms with van der Waals surface area (Å²) < 4.78 is 1.52. The zero-order chi connectivity index (χ0) is 16.8. The summed E-state index contributed by atoms with van der Waals surface area (Å²) in [6.07, 6.45) is 0.310. The molecule has 7 nitrogen and oxygen atoms in total. The minimum Gasteiger partial charge on any atom is -0.481 e. The molecule has 122 valence electrons. The number of anilines is 1. The number of likely N-dealkylation sites (N-methyl/N-ethyl adjacent to an activating group) is 1. The van der Waals surface area contributed by atoms with E-state index in [9.17, 15) is 9.59 Å². The average Bonchev–Trinajstić information content (AvgIpc) is 2.87. The first kappa shape index (κ1) is 16.7. The van der Waals surface area contributed by atoms with Crippen LogP contribution >= 0.6 is 0 Å². The maximum atomic E-state index is 12.5. The van der Waals surface area contributed by atoms with Crippen molar-refractivity contribution >= 4 is 17.6 Å². The van der Waals surface area contributed by atoms with Gasteiger partial charge in [0.1, 0.15) is 6.54 Å². The van der Waals surface area contributed by atoms with Crippen LogP contribution in [0.2, 0.25) is 0 Å². The van der Waals surface area contributed by atoms with Crippen molar-refractivity contribution in [3.63, 3.8) is 0 Å². The summed E-state index contributed by atoms with van der Waals surface area (Å²) in [5.41, 5.74) is 2.18. The molecule has 0 unspecified atom stereocenters. The number of nitrogens with zero attached hydrogens (tertiary/aromatic N) is 4. The highest BCUT2D eigenvalue weighted by Crippen LogP contribution is 2.14. The molecule has 0 atom stereocenters. The first-order chi connectivity index (χ1) is 11.0. The Kier molecular flexibility index (Phi) is 5.46. The van der Waals surface area contributed by atoms with Crippen LogP contribution in [0, 0.1) is 6.92 Å². The minimum atomic E-state index is -0.878. The van der Waals surface area contributed by atoms with Crippen LogP contribution in [-0.2, 0) is 22.6 Å². The first-order valence-corrected chi connectivity index (χ1v) is 7.49. The van der Waals surface area contributed by atoms with E-state index in [0.717, 1.165) is 11.4 Å². The maximum Gasteiger partial charge on any atom is 0.303 e. The Bertz CT molecular complexity index is 682. The predicted octanol–water partition coefficient (Wildman–Crippen LogP) is 1.66. The van der Waals surface area contributed by atoms with Gasteiger partial charge in [0.25, 0.3) is 0 Å². The molecule has 0 fully saturated rings. The molecule has 0 aliphatic rings. The van der Waals surface area contributed by atoms with Gasteiger partial charge in [0.15, 0.2) is 0 Å². The van der Waals surface area contributed by atoms with Gasteiger partial charge in [-0.1, -0.05) is 23.4 Å². The van der Waals surface area contributed by atoms with E-state index in [1.165, 1.54) is 4.68 Å². The third-order valence-corrected chi connectivity index (χ3v) is 3.62. The molecular formula is C16H20N4O3. The van der Waals surface area contributed by atoms with Crippen LogP contribution in [0.15, 0.2) is 30.3 Å². The van der Waals surface area contributed by atoms with Crippen molar-refractivity contribution in [2.45, 2.75) is 33.2 Å². The Balaban J connectivity index is 2.09. The quantitative estimate of drug-likeness (QED) is 0.839. The highest BCUT2D eigenvalue weighted by atomic mass is 16.4. The van der Waals surface area contributed by atoms with Gasteiger partial charge in [-0.3, -0.25) is 9.59 Å². The lowest BCUT2D eigenvalue weighted by Crippen LogP contribution is -2.34. The van der Waals surface area contributed by atoms with Gasteiger partial charge >= 0.3 is 5.97 Å². The second-order valence-electron chi connectivity index (χ2n) is 5.15. The number of aromatic nitrogens is 3. The monoisotopic (exact) mass is 316 g/mol. The predicted molar refractivity (Wildman–Crippen MR) is 85.2 cm³/mol. The normalized spacial score (nSPS) is 10.5. The summed E-state index contributed by atoms with van der Waals surface area (Å²) in [5.74, 6) is -0.965. The fraction of sp³-hybridized carbons (Fsp3) is 0.375. The fourth-order valence-corrected chi connectivity index (χ4v) is 2.33. The number of aryl methyl sites for hydroxylation is 1. The number of aliphatic carboxylic acids is 1. The van der Waals surface area contributed by atoms with Crippen molar-refractivity contribution in [2.24, 2.45) is 0 Å². The van der Waals surface area contributed by atoms with Gasteiger partial charge in [0.05, 0.1) is 17.8 Å². The number of carbonyl (C=O) groups is 2. The Morgan fingerprint density at radius 1 is 1.26 bits per heavy atom. The molecule has 7 heteroatoms. The Morgan fingerprint density at radius 3 is 2.57 bits per heavy atom. The van der Waals surface area contributed by atoms with Crippen molar-refractivity contribution in [1.29, 1.82) is 0 Å². The topological polar surface area (TPSA) is 88.3 Å². The van der Waals surface area contributed by atoms with Crippen LogP contribution in [0.25, 0.3) is 0 Å². The summed E-state index contributed by atoms with van der Waals surface area (Å²) in [4.78, 5) is 24.8. The number of rotatable bonds is 7. The number of amides is 1. The average molecular weight is 316 g/mol. The number of para-hydroxylation sites is 1. The zero-order valence-electron chi connectivity index (χ0n) is 13.3. The van der Waals surface area contributed by atoms with Crippen molar-refractivity contribution in [1.82, 2.24) is 15.0 Å². The maximum absolute atomic E-state index is 12.5. The van der Waals surface area contributed by atoms with Crippen LogP contribution in [0.1, 0.15) is 24.7 Å². The largest absolute Gasteiger partial charge is 0.481 e. The van der Waals surface area contributed by atoms with Gasteiger partial charge in [0, 0.05) is 18.7 Å². The molecule has 0 bridgehead atoms. The minimum absolute atomic E-state index is 0.00141. The van der Waals surface area contributed by atoms with Crippen molar-refractivity contribution in [3.05, 3.63) is 41.7 Å². The summed E-state index contributed by atoms with van der Waals surface area (Å²) >= 11 is 0. The number of carboxylic acid groups (broad SMARTS) is 1. The highest BCUT2D eigenvalue weighted by molar-refractivity contribution is 5.93. The molecular weight excluding hydrogens is 296 g/mol. The van der Waals surface area contributed by atoms with E-state index < -0.39 is 5.97 Å². The van der Waals surface area contributed by atoms with Gasteiger partial charge in [-0.25, -0.2) is 4.68 Å². The van der Waals surface area contributed by atoms with E-state index >= 15 is 0 Å². The molecule has 0 saturated carbocycles. The summed E-state index contributed by atoms with van der Waals surface area (Å²) in [6.45, 7) is 4.34. The summed E-state index contributed by atoms with van der Waals surface area (Å²) in [5, 5.41) is 16.7. The summed E-state index contributed by atoms with van der Waals surface area (Å²) in [6, 6.07) is 9.44. The molecule has 0 aliphatic heterocycles. The third-order valence-electron chi connectivity index (χ3n) is 3.62. The smallest absolute Gasteiger partial charge is 0.303 e. The van der Waals surface area contributed by atoms with E-state index in [1.807, 2.05) is 37.3 Å². The van der Waals surface area contributed by atoms with Crippen molar-refractivity contribution in [3.8, 4) is 0 Å². The zero-order valence-corrected chi connectivity index (χ0v) is 13.3. The van der Waals surface area contributed by atoms with E-state index in [-0.39, 0.29) is 18.9 Å². The molecule has 0 aliphatic carbocycles. The highest BCUT2D eigenvalue weighted by Gasteiger charge is 2.17. The second-order valence-corrected chi connectivity index (χ2v) is 5.15. The van der Waals surface area contributed by atoms with Gasteiger partial charge < -0.3 is 10.0 Å². The summed E-state index contributed by atoms with van der Waals surface area (Å²) in [7, 11) is 0. The molecule has 0 saturated heterocycles. The standard InChI is InChI=1S/C16H20N4O3/c1-3-19(13-7-5-4-6-8-13)15(21)11-20-12(2)14(17-18-20)9-10-16(22)23/h4-8H,3,9-11H2,1-2H3,(H,22,23). The number of carbonyl (C=O) groups excluding carboxylic acids is 1. The number of hydrogen-bond donors (Lipinski definition) is 1. The SMILES string of the molecule is CCN(C(=O)Cn1nnc(CCC(=O)O)c1C)c1ccccc1. The van der Waals surface area contributed by atoms with E-state index in [0.29, 0.717) is 18.7 Å². The molecule has 1 aromatic carbocycles. The molecule has 0 radical (unpaired) electrons. The van der Waals surface area contributed by atoms with Crippen LogP contribution in [0.5, 0.6) is 0 Å².